The number of nitrogens with one attached hydrogen (secondary N) is 1. The van der Waals surface area contributed by atoms with Gasteiger partial charge in [0.15, 0.2) is 5.96 Å². The molecule has 1 rings (SSSR count). The molecule has 5 heteroatoms. The average Bonchev–Trinajstić information content (AvgIpc) is 2.20. The second kappa shape index (κ2) is 9.18. The summed E-state index contributed by atoms with van der Waals surface area (Å²) in [6.07, 6.45) is 6.70. The van der Waals surface area contributed by atoms with Gasteiger partial charge in [-0.25, -0.2) is 0 Å². The van der Waals surface area contributed by atoms with Gasteiger partial charge < -0.3 is 11.1 Å². The maximum Gasteiger partial charge on any atom is 0.188 e. The Morgan fingerprint density at radius 3 is 2.60 bits per heavy atom. The predicted molar refractivity (Wildman–Crippen MR) is 72.5 cm³/mol. The standard InChI is InChI=1S/C10H20FN3.HI/c11-7-4-8-13-10(12)14-9-5-2-1-3-6-9;/h9H,1-8H2,(H3,12,13,14);1H. The molecule has 1 saturated carbocycles. The fourth-order valence-corrected chi connectivity index (χ4v) is 1.76. The molecule has 0 bridgehead atoms. The minimum atomic E-state index is -0.319. The molecule has 0 heterocycles. The van der Waals surface area contributed by atoms with Crippen LogP contribution in [0.5, 0.6) is 0 Å². The summed E-state index contributed by atoms with van der Waals surface area (Å²) in [4.78, 5) is 4.05. The molecule has 1 aliphatic rings. The van der Waals surface area contributed by atoms with Crippen LogP contribution in [0.3, 0.4) is 0 Å². The lowest BCUT2D eigenvalue weighted by atomic mass is 9.96. The van der Waals surface area contributed by atoms with Crippen molar-refractivity contribution in [3.63, 3.8) is 0 Å². The van der Waals surface area contributed by atoms with E-state index < -0.39 is 0 Å². The van der Waals surface area contributed by atoms with E-state index in [2.05, 4.69) is 10.3 Å². The third-order valence-electron chi connectivity index (χ3n) is 2.53. The van der Waals surface area contributed by atoms with E-state index in [1.807, 2.05) is 0 Å². The third kappa shape index (κ3) is 6.92. The summed E-state index contributed by atoms with van der Waals surface area (Å²) in [5, 5.41) is 3.18. The molecular formula is C10H21FIN3. The van der Waals surface area contributed by atoms with Crippen molar-refractivity contribution in [3.05, 3.63) is 0 Å². The number of aliphatic imine (C=N–C) groups is 1. The molecule has 0 aromatic carbocycles. The molecule has 0 saturated heterocycles. The van der Waals surface area contributed by atoms with E-state index in [-0.39, 0.29) is 30.7 Å². The number of nitrogens with zero attached hydrogens (tertiary/aromatic N) is 1. The van der Waals surface area contributed by atoms with Crippen LogP contribution < -0.4 is 11.1 Å². The van der Waals surface area contributed by atoms with Crippen LogP contribution in [0.15, 0.2) is 4.99 Å². The Balaban J connectivity index is 0.00000196. The summed E-state index contributed by atoms with van der Waals surface area (Å²) in [6.45, 7) is 0.169. The zero-order chi connectivity index (χ0) is 10.2. The number of hydrogen-bond donors (Lipinski definition) is 2. The minimum Gasteiger partial charge on any atom is -0.370 e. The second-order valence-corrected chi connectivity index (χ2v) is 3.79. The van der Waals surface area contributed by atoms with Crippen molar-refractivity contribution in [2.45, 2.75) is 44.6 Å². The van der Waals surface area contributed by atoms with Crippen molar-refractivity contribution < 1.29 is 4.39 Å². The molecule has 90 valence electrons. The summed E-state index contributed by atoms with van der Waals surface area (Å²) in [5.74, 6) is 0.477. The van der Waals surface area contributed by atoms with Gasteiger partial charge in [0, 0.05) is 12.6 Å². The summed E-state index contributed by atoms with van der Waals surface area (Å²) in [6, 6.07) is 0.484. The summed E-state index contributed by atoms with van der Waals surface area (Å²) in [7, 11) is 0. The first-order valence-electron chi connectivity index (χ1n) is 5.45. The molecule has 0 unspecified atom stereocenters. The van der Waals surface area contributed by atoms with Gasteiger partial charge in [0.2, 0.25) is 0 Å². The molecule has 15 heavy (non-hydrogen) atoms. The van der Waals surface area contributed by atoms with E-state index in [4.69, 9.17) is 5.73 Å². The largest absolute Gasteiger partial charge is 0.370 e. The zero-order valence-corrected chi connectivity index (χ0v) is 11.4. The molecular weight excluding hydrogens is 308 g/mol. The van der Waals surface area contributed by atoms with Gasteiger partial charge in [-0.2, -0.15) is 0 Å². The Hall–Kier alpha value is -0.0700. The van der Waals surface area contributed by atoms with E-state index >= 15 is 0 Å². The maximum atomic E-state index is 11.8. The first-order chi connectivity index (χ1) is 6.83. The average molecular weight is 329 g/mol. The van der Waals surface area contributed by atoms with Crippen molar-refractivity contribution in [1.29, 1.82) is 0 Å². The smallest absolute Gasteiger partial charge is 0.188 e. The SMILES string of the molecule is I.NC(=NCCCF)NC1CCCCC1. The van der Waals surface area contributed by atoms with Gasteiger partial charge in [-0.3, -0.25) is 9.38 Å². The van der Waals surface area contributed by atoms with Crippen molar-refractivity contribution in [2.24, 2.45) is 10.7 Å². The van der Waals surface area contributed by atoms with E-state index in [9.17, 15) is 4.39 Å². The molecule has 1 aliphatic carbocycles. The van der Waals surface area contributed by atoms with Gasteiger partial charge in [-0.05, 0) is 19.3 Å². The lowest BCUT2D eigenvalue weighted by Crippen LogP contribution is -2.41. The van der Waals surface area contributed by atoms with Gasteiger partial charge in [0.1, 0.15) is 0 Å². The number of guanidine groups is 1. The van der Waals surface area contributed by atoms with Crippen LogP contribution in [0.4, 0.5) is 4.39 Å². The van der Waals surface area contributed by atoms with Gasteiger partial charge in [-0.1, -0.05) is 19.3 Å². The van der Waals surface area contributed by atoms with Crippen molar-refractivity contribution >= 4 is 29.9 Å². The number of nitrogens with two attached hydrogens (primary N) is 1. The van der Waals surface area contributed by atoms with Crippen LogP contribution in [0.1, 0.15) is 38.5 Å². The molecule has 0 aromatic rings. The van der Waals surface area contributed by atoms with Crippen molar-refractivity contribution in [3.8, 4) is 0 Å². The van der Waals surface area contributed by atoms with Crippen molar-refractivity contribution in [2.75, 3.05) is 13.2 Å². The molecule has 0 aromatic heterocycles. The Bertz CT molecular complexity index is 182. The van der Waals surface area contributed by atoms with Gasteiger partial charge in [0.25, 0.3) is 0 Å². The van der Waals surface area contributed by atoms with Gasteiger partial charge in [0.05, 0.1) is 6.67 Å². The fourth-order valence-electron chi connectivity index (χ4n) is 1.76. The molecule has 0 aliphatic heterocycles. The minimum absolute atomic E-state index is 0. The Morgan fingerprint density at radius 2 is 2.00 bits per heavy atom. The second-order valence-electron chi connectivity index (χ2n) is 3.79. The predicted octanol–water partition coefficient (Wildman–Crippen LogP) is 2.20. The van der Waals surface area contributed by atoms with Crippen LogP contribution in [0.2, 0.25) is 0 Å². The monoisotopic (exact) mass is 329 g/mol. The summed E-state index contributed by atoms with van der Waals surface area (Å²) < 4.78 is 11.8. The molecule has 0 amide bonds. The summed E-state index contributed by atoms with van der Waals surface area (Å²) in [5.41, 5.74) is 5.66. The maximum absolute atomic E-state index is 11.8. The van der Waals surface area contributed by atoms with Crippen molar-refractivity contribution in [1.82, 2.24) is 5.32 Å². The van der Waals surface area contributed by atoms with E-state index in [1.54, 1.807) is 0 Å². The zero-order valence-electron chi connectivity index (χ0n) is 9.04. The molecule has 0 spiro atoms. The van der Waals surface area contributed by atoms with Crippen LogP contribution in [-0.4, -0.2) is 25.2 Å². The molecule has 0 radical (unpaired) electrons. The van der Waals surface area contributed by atoms with E-state index in [0.717, 1.165) is 0 Å². The van der Waals surface area contributed by atoms with Gasteiger partial charge >= 0.3 is 0 Å². The molecule has 0 atom stereocenters. The Morgan fingerprint density at radius 1 is 1.33 bits per heavy atom. The lowest BCUT2D eigenvalue weighted by molar-refractivity contribution is 0.412. The molecule has 3 nitrogen and oxygen atoms in total. The number of alkyl halides is 1. The third-order valence-corrected chi connectivity index (χ3v) is 2.53. The highest BCUT2D eigenvalue weighted by atomic mass is 127. The van der Waals surface area contributed by atoms with Crippen LogP contribution in [0.25, 0.3) is 0 Å². The Kier molecular flexibility index (Phi) is 9.13. The summed E-state index contributed by atoms with van der Waals surface area (Å²) >= 11 is 0. The highest BCUT2D eigenvalue weighted by molar-refractivity contribution is 14.0. The number of rotatable bonds is 4. The number of halogens is 2. The highest BCUT2D eigenvalue weighted by Crippen LogP contribution is 2.16. The lowest BCUT2D eigenvalue weighted by Gasteiger charge is -2.23. The topological polar surface area (TPSA) is 50.4 Å². The Labute approximate surface area is 108 Å². The molecule has 3 N–H and O–H groups in total. The fraction of sp³-hybridized carbons (Fsp3) is 0.900. The van der Waals surface area contributed by atoms with Crippen LogP contribution in [0, 0.1) is 0 Å². The molecule has 1 fully saturated rings. The van der Waals surface area contributed by atoms with E-state index in [1.165, 1.54) is 32.1 Å². The van der Waals surface area contributed by atoms with Crippen LogP contribution in [-0.2, 0) is 0 Å². The van der Waals surface area contributed by atoms with E-state index in [0.29, 0.717) is 25.0 Å². The first kappa shape index (κ1) is 14.9. The highest BCUT2D eigenvalue weighted by Gasteiger charge is 2.12. The quantitative estimate of drug-likeness (QED) is 0.360. The van der Waals surface area contributed by atoms with Crippen LogP contribution >= 0.6 is 24.0 Å². The first-order valence-corrected chi connectivity index (χ1v) is 5.45. The number of hydrogen-bond acceptors (Lipinski definition) is 1. The van der Waals surface area contributed by atoms with Gasteiger partial charge in [-0.15, -0.1) is 24.0 Å². The normalized spacial score (nSPS) is 18.3.